The summed E-state index contributed by atoms with van der Waals surface area (Å²) < 4.78 is 149. The number of primary amides is 1. The van der Waals surface area contributed by atoms with E-state index >= 15 is 0 Å². The first-order chi connectivity index (χ1) is 17.8. The first-order valence-electron chi connectivity index (χ1n) is 9.65. The lowest BCUT2D eigenvalue weighted by atomic mass is 9.76. The van der Waals surface area contributed by atoms with Crippen LogP contribution in [0.1, 0.15) is 0 Å². The summed E-state index contributed by atoms with van der Waals surface area (Å²) in [5, 5.41) is 50.7. The van der Waals surface area contributed by atoms with Gasteiger partial charge in [-0.15, -0.1) is 0 Å². The van der Waals surface area contributed by atoms with E-state index in [9.17, 15) is 73.1 Å². The minimum atomic E-state index is -6.36. The maximum Gasteiger partial charge on any atom is 0.398 e. The second-order valence-electron chi connectivity index (χ2n) is 7.64. The van der Waals surface area contributed by atoms with Crippen molar-refractivity contribution in [2.75, 3.05) is 13.2 Å². The maximum absolute atomic E-state index is 12.3. The molecule has 0 aromatic carbocycles. The number of amides is 1. The third-order valence-electron chi connectivity index (χ3n) is 4.88. The molecule has 28 heteroatoms. The van der Waals surface area contributed by atoms with Gasteiger partial charge in [-0.3, -0.25) is 23.0 Å². The van der Waals surface area contributed by atoms with Gasteiger partial charge in [-0.1, -0.05) is 0 Å². The Morgan fingerprint density at radius 3 is 1.70 bits per heavy atom. The standard InChI is InChI=1S/C12H23NO23S4/c13-11(19)10(35-39(26,27)28)12(36-40(29,30)31,9-7(18)6(17)5(16)4(1-14)33-9)8(34-38(23,24)25)3(15)2-32-37(20,21)22/h3-10,14-18H,1-2H2,(H2,13,19)(H,20,21,22)(H,23,24,25)(H,26,27,28)(H,29,30,31)/t3-,4-,5+,6+,7-,8-,9?,10+,12-/m1/s1. The minimum Gasteiger partial charge on any atom is -0.394 e. The molecule has 0 aromatic heterocycles. The molecule has 0 spiro atoms. The fraction of sp³-hybridized carbons (Fsp3) is 0.917. The van der Waals surface area contributed by atoms with Crippen molar-refractivity contribution < 1.29 is 104 Å². The quantitative estimate of drug-likeness (QED) is 0.0719. The highest BCUT2D eigenvalue weighted by Crippen LogP contribution is 2.41. The van der Waals surface area contributed by atoms with E-state index in [-0.39, 0.29) is 0 Å². The first kappa shape index (κ1) is 36.7. The monoisotopic (exact) mass is 677 g/mol. The molecule has 1 aliphatic heterocycles. The molecule has 1 rings (SSSR count). The second-order valence-corrected chi connectivity index (χ2v) is 11.9. The summed E-state index contributed by atoms with van der Waals surface area (Å²) in [5.74, 6) is -2.38. The van der Waals surface area contributed by atoms with Crippen molar-refractivity contribution in [3.05, 3.63) is 0 Å². The molecule has 1 fully saturated rings. The van der Waals surface area contributed by atoms with Crippen molar-refractivity contribution in [3.63, 3.8) is 0 Å². The smallest absolute Gasteiger partial charge is 0.394 e. The molecule has 0 aliphatic carbocycles. The molecule has 1 aliphatic rings. The number of hydrogen-bond donors (Lipinski definition) is 10. The summed E-state index contributed by atoms with van der Waals surface area (Å²) in [5.41, 5.74) is 0.507. The third-order valence-corrected chi connectivity index (χ3v) is 6.70. The average Bonchev–Trinajstić information content (AvgIpc) is 2.74. The topological polar surface area (TPSA) is 408 Å². The van der Waals surface area contributed by atoms with Crippen molar-refractivity contribution in [1.29, 1.82) is 0 Å². The van der Waals surface area contributed by atoms with Crippen LogP contribution >= 0.6 is 0 Å². The molecule has 238 valence electrons. The van der Waals surface area contributed by atoms with Crippen LogP contribution in [0.15, 0.2) is 0 Å². The van der Waals surface area contributed by atoms with Gasteiger partial charge in [-0.25, -0.2) is 16.7 Å². The molecule has 0 bridgehead atoms. The normalized spacial score (nSPS) is 28.8. The molecule has 1 unspecified atom stereocenters. The predicted octanol–water partition coefficient (Wildman–Crippen LogP) is -7.57. The van der Waals surface area contributed by atoms with E-state index in [0.29, 0.717) is 0 Å². The molecule has 1 amide bonds. The van der Waals surface area contributed by atoms with Crippen LogP contribution in [0.2, 0.25) is 0 Å². The lowest BCUT2D eigenvalue weighted by Crippen LogP contribution is -2.76. The SMILES string of the molecule is NC(=O)[C@H](OS(=O)(=O)O)[C@](OS(=O)(=O)O)(C1O[C@H](CO)[C@H](O)[C@H](O)[C@H]1O)[C@H](OS(=O)(=O)O)[C@H](O)COS(=O)(=O)O. The van der Waals surface area contributed by atoms with E-state index in [1.54, 1.807) is 0 Å². The van der Waals surface area contributed by atoms with Gasteiger partial charge in [0.1, 0.15) is 42.7 Å². The highest BCUT2D eigenvalue weighted by atomic mass is 32.3. The molecular formula is C12H23NO23S4. The molecule has 0 radical (unpaired) electrons. The Bertz CT molecular complexity index is 1330. The van der Waals surface area contributed by atoms with Crippen LogP contribution in [0.3, 0.4) is 0 Å². The Morgan fingerprint density at radius 1 is 0.825 bits per heavy atom. The molecule has 9 atom stereocenters. The highest BCUT2D eigenvalue weighted by Gasteiger charge is 2.68. The number of ether oxygens (including phenoxy) is 1. The lowest BCUT2D eigenvalue weighted by molar-refractivity contribution is -0.294. The summed E-state index contributed by atoms with van der Waals surface area (Å²) >= 11 is 0. The van der Waals surface area contributed by atoms with E-state index in [2.05, 4.69) is 16.7 Å². The Morgan fingerprint density at radius 2 is 1.32 bits per heavy atom. The fourth-order valence-electron chi connectivity index (χ4n) is 3.54. The van der Waals surface area contributed by atoms with E-state index < -0.39 is 115 Å². The number of aliphatic hydroxyl groups is 5. The number of hydrogen-bond acceptors (Lipinski definition) is 19. The predicted molar refractivity (Wildman–Crippen MR) is 115 cm³/mol. The van der Waals surface area contributed by atoms with E-state index in [1.165, 1.54) is 0 Å². The fourth-order valence-corrected chi connectivity index (χ4v) is 5.52. The molecule has 0 saturated carbocycles. The van der Waals surface area contributed by atoms with Gasteiger partial charge in [-0.2, -0.15) is 33.7 Å². The first-order valence-corrected chi connectivity index (χ1v) is 15.1. The molecule has 24 nitrogen and oxygen atoms in total. The summed E-state index contributed by atoms with van der Waals surface area (Å²) in [6.07, 6.45) is -24.1. The Balaban J connectivity index is 4.32. The van der Waals surface area contributed by atoms with Gasteiger partial charge in [0, 0.05) is 0 Å². The molecule has 1 saturated heterocycles. The number of nitrogens with two attached hydrogens (primary N) is 1. The van der Waals surface area contributed by atoms with Gasteiger partial charge < -0.3 is 36.0 Å². The number of carbonyl (C=O) groups excluding carboxylic acids is 1. The van der Waals surface area contributed by atoms with Gasteiger partial charge in [0.15, 0.2) is 11.7 Å². The van der Waals surface area contributed by atoms with Crippen molar-refractivity contribution >= 4 is 47.5 Å². The summed E-state index contributed by atoms with van der Waals surface area (Å²) in [7, 11) is -24.2. The summed E-state index contributed by atoms with van der Waals surface area (Å²) in [6.45, 7) is -3.40. The third kappa shape index (κ3) is 9.92. The van der Waals surface area contributed by atoms with Crippen LogP contribution in [0, 0.1) is 0 Å². The molecule has 11 N–H and O–H groups in total. The van der Waals surface area contributed by atoms with Crippen molar-refractivity contribution in [3.8, 4) is 0 Å². The van der Waals surface area contributed by atoms with Crippen molar-refractivity contribution in [2.45, 2.75) is 54.4 Å². The van der Waals surface area contributed by atoms with Gasteiger partial charge in [0.2, 0.25) is 0 Å². The van der Waals surface area contributed by atoms with E-state index in [1.807, 2.05) is 0 Å². The zero-order valence-corrected chi connectivity index (χ0v) is 22.2. The number of rotatable bonds is 15. The van der Waals surface area contributed by atoms with Gasteiger partial charge in [0.25, 0.3) is 5.91 Å². The van der Waals surface area contributed by atoms with Crippen LogP contribution in [-0.4, -0.2) is 151 Å². The second kappa shape index (κ2) is 12.9. The van der Waals surface area contributed by atoms with Crippen LogP contribution in [-0.2, 0) is 67.9 Å². The van der Waals surface area contributed by atoms with Gasteiger partial charge >= 0.3 is 41.6 Å². The van der Waals surface area contributed by atoms with Crippen molar-refractivity contribution in [1.82, 2.24) is 0 Å². The van der Waals surface area contributed by atoms with Gasteiger partial charge in [-0.05, 0) is 0 Å². The average molecular weight is 678 g/mol. The lowest BCUT2D eigenvalue weighted by Gasteiger charge is -2.51. The van der Waals surface area contributed by atoms with Crippen LogP contribution in [0.25, 0.3) is 0 Å². The van der Waals surface area contributed by atoms with Crippen LogP contribution in [0.5, 0.6) is 0 Å². The van der Waals surface area contributed by atoms with E-state index in [4.69, 9.17) is 19.6 Å². The largest absolute Gasteiger partial charge is 0.398 e. The molecule has 0 aromatic rings. The Labute approximate surface area is 224 Å². The number of aliphatic hydroxyl groups excluding tert-OH is 5. The zero-order chi connectivity index (χ0) is 31.6. The zero-order valence-electron chi connectivity index (χ0n) is 19.0. The Hall–Kier alpha value is -1.29. The number of carbonyl (C=O) groups is 1. The maximum atomic E-state index is 12.3. The van der Waals surface area contributed by atoms with Crippen LogP contribution in [0.4, 0.5) is 0 Å². The highest BCUT2D eigenvalue weighted by molar-refractivity contribution is 7.81. The van der Waals surface area contributed by atoms with Gasteiger partial charge in [0.05, 0.1) is 13.2 Å². The molecular weight excluding hydrogens is 654 g/mol. The Kier molecular flexibility index (Phi) is 11.9. The summed E-state index contributed by atoms with van der Waals surface area (Å²) in [6, 6.07) is 0. The summed E-state index contributed by atoms with van der Waals surface area (Å²) in [4.78, 5) is 12.3. The molecule has 1 heterocycles. The molecule has 40 heavy (non-hydrogen) atoms. The van der Waals surface area contributed by atoms with Crippen molar-refractivity contribution in [2.24, 2.45) is 5.73 Å². The minimum absolute atomic E-state index is 1.40. The van der Waals surface area contributed by atoms with E-state index in [0.717, 1.165) is 0 Å². The van der Waals surface area contributed by atoms with Crippen LogP contribution < -0.4 is 5.73 Å².